The van der Waals surface area contributed by atoms with Crippen LogP contribution in [0.15, 0.2) is 63.8 Å². The number of nitrogens with one attached hydrogen (secondary N) is 2. The van der Waals surface area contributed by atoms with Crippen LogP contribution in [-0.4, -0.2) is 36.6 Å². The van der Waals surface area contributed by atoms with Gasteiger partial charge in [0, 0.05) is 42.2 Å². The number of nitrogens with zero attached hydrogens (tertiary/aromatic N) is 1. The molecular formula is C26H29N3O5. The maximum atomic E-state index is 12.6. The van der Waals surface area contributed by atoms with Crippen LogP contribution in [0, 0.1) is 5.92 Å². The summed E-state index contributed by atoms with van der Waals surface area (Å²) in [4.78, 5) is 38.7. The molecule has 0 spiro atoms. The monoisotopic (exact) mass is 463 g/mol. The minimum Gasteiger partial charge on any atom is -0.450 e. The number of anilines is 1. The number of carbonyl (C=O) groups is 2. The molecule has 3 aromatic rings. The molecule has 1 aromatic heterocycles. The Morgan fingerprint density at radius 3 is 2.59 bits per heavy atom. The Kier molecular flexibility index (Phi) is 7.59. The standard InChI is InChI=1S/C26H29N3O5/c1-2-33-26(32)28-21-8-9-22-20(14-24(30)34-23(22)15-21)17-29-12-10-19(11-13-29)25(31)27-16-18-6-4-3-5-7-18/h3-9,14-15,19H,2,10-13,16-17H2,1H3,(H,27,31)(H,28,32). The Balaban J connectivity index is 1.36. The second-order valence-corrected chi connectivity index (χ2v) is 8.40. The molecule has 8 nitrogen and oxygen atoms in total. The third-order valence-electron chi connectivity index (χ3n) is 6.01. The predicted molar refractivity (Wildman–Crippen MR) is 129 cm³/mol. The summed E-state index contributed by atoms with van der Waals surface area (Å²) in [6.45, 7) is 4.67. The summed E-state index contributed by atoms with van der Waals surface area (Å²) in [5.41, 5.74) is 2.41. The number of likely N-dealkylation sites (tertiary alicyclic amines) is 1. The van der Waals surface area contributed by atoms with E-state index in [4.69, 9.17) is 9.15 Å². The molecule has 0 bridgehead atoms. The summed E-state index contributed by atoms with van der Waals surface area (Å²) in [6, 6.07) is 16.6. The Morgan fingerprint density at radius 2 is 1.85 bits per heavy atom. The number of rotatable bonds is 7. The SMILES string of the molecule is CCOC(=O)Nc1ccc2c(CN3CCC(C(=O)NCc4ccccc4)CC3)cc(=O)oc2c1. The highest BCUT2D eigenvalue weighted by molar-refractivity contribution is 5.90. The van der Waals surface area contributed by atoms with Gasteiger partial charge in [0.25, 0.3) is 0 Å². The molecule has 178 valence electrons. The third-order valence-corrected chi connectivity index (χ3v) is 6.01. The smallest absolute Gasteiger partial charge is 0.411 e. The van der Waals surface area contributed by atoms with Crippen molar-refractivity contribution in [3.63, 3.8) is 0 Å². The zero-order valence-corrected chi connectivity index (χ0v) is 19.2. The molecule has 2 N–H and O–H groups in total. The largest absolute Gasteiger partial charge is 0.450 e. The number of carbonyl (C=O) groups excluding carboxylic acids is 2. The van der Waals surface area contributed by atoms with Crippen LogP contribution in [0.3, 0.4) is 0 Å². The molecule has 4 rings (SSSR count). The molecule has 34 heavy (non-hydrogen) atoms. The summed E-state index contributed by atoms with van der Waals surface area (Å²) in [5.74, 6) is 0.0880. The lowest BCUT2D eigenvalue weighted by Crippen LogP contribution is -2.40. The van der Waals surface area contributed by atoms with Gasteiger partial charge < -0.3 is 14.5 Å². The van der Waals surface area contributed by atoms with Gasteiger partial charge in [-0.1, -0.05) is 30.3 Å². The molecule has 1 aliphatic heterocycles. The van der Waals surface area contributed by atoms with Gasteiger partial charge in [0.2, 0.25) is 5.91 Å². The molecule has 0 aliphatic carbocycles. The van der Waals surface area contributed by atoms with Gasteiger partial charge >= 0.3 is 11.7 Å². The van der Waals surface area contributed by atoms with Crippen LogP contribution >= 0.6 is 0 Å². The van der Waals surface area contributed by atoms with E-state index in [1.165, 1.54) is 6.07 Å². The molecule has 1 saturated heterocycles. The van der Waals surface area contributed by atoms with Gasteiger partial charge in [-0.2, -0.15) is 0 Å². The van der Waals surface area contributed by atoms with E-state index in [0.29, 0.717) is 24.4 Å². The minimum absolute atomic E-state index is 0.00550. The van der Waals surface area contributed by atoms with Gasteiger partial charge in [-0.05, 0) is 56.1 Å². The number of fused-ring (bicyclic) bond motifs is 1. The third kappa shape index (κ3) is 6.02. The molecule has 8 heteroatoms. The lowest BCUT2D eigenvalue weighted by Gasteiger charge is -2.31. The molecule has 2 aromatic carbocycles. The fourth-order valence-corrected chi connectivity index (χ4v) is 4.25. The fourth-order valence-electron chi connectivity index (χ4n) is 4.25. The van der Waals surface area contributed by atoms with Gasteiger partial charge in [0.1, 0.15) is 5.58 Å². The van der Waals surface area contributed by atoms with Crippen molar-refractivity contribution in [2.24, 2.45) is 5.92 Å². The summed E-state index contributed by atoms with van der Waals surface area (Å²) in [5, 5.41) is 6.48. The van der Waals surface area contributed by atoms with Crippen LogP contribution in [-0.2, 0) is 22.6 Å². The quantitative estimate of drug-likeness (QED) is 0.516. The van der Waals surface area contributed by atoms with Crippen LogP contribution < -0.4 is 16.3 Å². The minimum atomic E-state index is -0.559. The zero-order valence-electron chi connectivity index (χ0n) is 19.2. The maximum Gasteiger partial charge on any atom is 0.411 e. The molecular weight excluding hydrogens is 434 g/mol. The number of amides is 2. The first kappa shape index (κ1) is 23.5. The van der Waals surface area contributed by atoms with Crippen molar-refractivity contribution in [3.8, 4) is 0 Å². The summed E-state index contributed by atoms with van der Waals surface area (Å²) >= 11 is 0. The van der Waals surface area contributed by atoms with Crippen LogP contribution in [0.2, 0.25) is 0 Å². The van der Waals surface area contributed by atoms with Gasteiger partial charge in [0.15, 0.2) is 0 Å². The van der Waals surface area contributed by atoms with E-state index in [1.807, 2.05) is 36.4 Å². The van der Waals surface area contributed by atoms with Crippen LogP contribution in [0.4, 0.5) is 10.5 Å². The van der Waals surface area contributed by atoms with E-state index in [9.17, 15) is 14.4 Å². The first-order valence-electron chi connectivity index (χ1n) is 11.6. The second-order valence-electron chi connectivity index (χ2n) is 8.40. The molecule has 0 saturated carbocycles. The maximum absolute atomic E-state index is 12.6. The van der Waals surface area contributed by atoms with Crippen molar-refractivity contribution in [1.29, 1.82) is 0 Å². The number of hydrogen-bond acceptors (Lipinski definition) is 6. The molecule has 1 fully saturated rings. The van der Waals surface area contributed by atoms with Crippen molar-refractivity contribution >= 4 is 28.7 Å². The van der Waals surface area contributed by atoms with E-state index < -0.39 is 11.7 Å². The van der Waals surface area contributed by atoms with Gasteiger partial charge in [-0.25, -0.2) is 9.59 Å². The lowest BCUT2D eigenvalue weighted by atomic mass is 9.95. The number of ether oxygens (including phenoxy) is 1. The topological polar surface area (TPSA) is 101 Å². The van der Waals surface area contributed by atoms with Crippen molar-refractivity contribution in [1.82, 2.24) is 10.2 Å². The van der Waals surface area contributed by atoms with E-state index in [-0.39, 0.29) is 18.4 Å². The van der Waals surface area contributed by atoms with Gasteiger partial charge in [-0.15, -0.1) is 0 Å². The van der Waals surface area contributed by atoms with Crippen LogP contribution in [0.25, 0.3) is 11.0 Å². The highest BCUT2D eigenvalue weighted by atomic mass is 16.5. The van der Waals surface area contributed by atoms with E-state index >= 15 is 0 Å². The Bertz CT molecular complexity index is 1200. The molecule has 2 heterocycles. The van der Waals surface area contributed by atoms with Gasteiger partial charge in [-0.3, -0.25) is 15.0 Å². The molecule has 0 atom stereocenters. The summed E-state index contributed by atoms with van der Waals surface area (Å²) in [6.07, 6.45) is 0.984. The van der Waals surface area contributed by atoms with Crippen LogP contribution in [0.1, 0.15) is 30.9 Å². The highest BCUT2D eigenvalue weighted by Crippen LogP contribution is 2.25. The highest BCUT2D eigenvalue weighted by Gasteiger charge is 2.25. The van der Waals surface area contributed by atoms with E-state index in [1.54, 1.807) is 19.1 Å². The van der Waals surface area contributed by atoms with E-state index in [0.717, 1.165) is 42.4 Å². The first-order valence-corrected chi connectivity index (χ1v) is 11.6. The molecule has 2 amide bonds. The number of benzene rings is 2. The number of piperidine rings is 1. The predicted octanol–water partition coefficient (Wildman–Crippen LogP) is 3.89. The molecule has 0 radical (unpaired) electrons. The van der Waals surface area contributed by atoms with Crippen LogP contribution in [0.5, 0.6) is 0 Å². The average molecular weight is 464 g/mol. The van der Waals surface area contributed by atoms with Crippen molar-refractivity contribution < 1.29 is 18.7 Å². The lowest BCUT2D eigenvalue weighted by molar-refractivity contribution is -0.126. The second kappa shape index (κ2) is 11.0. The van der Waals surface area contributed by atoms with Crippen molar-refractivity contribution in [2.45, 2.75) is 32.9 Å². The van der Waals surface area contributed by atoms with Crippen molar-refractivity contribution in [3.05, 3.63) is 76.1 Å². The zero-order chi connectivity index (χ0) is 23.9. The first-order chi connectivity index (χ1) is 16.5. The van der Waals surface area contributed by atoms with E-state index in [2.05, 4.69) is 15.5 Å². The Hall–Kier alpha value is -3.65. The Morgan fingerprint density at radius 1 is 1.09 bits per heavy atom. The van der Waals surface area contributed by atoms with Crippen molar-refractivity contribution in [2.75, 3.05) is 25.0 Å². The molecule has 1 aliphatic rings. The normalized spacial score (nSPS) is 14.6. The molecule has 0 unspecified atom stereocenters. The average Bonchev–Trinajstić information content (AvgIpc) is 2.83. The number of hydrogen-bond donors (Lipinski definition) is 2. The van der Waals surface area contributed by atoms with Gasteiger partial charge in [0.05, 0.1) is 6.61 Å². The fraction of sp³-hybridized carbons (Fsp3) is 0.346. The summed E-state index contributed by atoms with van der Waals surface area (Å²) in [7, 11) is 0. The Labute approximate surface area is 197 Å². The summed E-state index contributed by atoms with van der Waals surface area (Å²) < 4.78 is 10.3.